The van der Waals surface area contributed by atoms with Crippen molar-refractivity contribution in [3.05, 3.63) is 9.98 Å². The number of nitrogens with zero attached hydrogens (tertiary/aromatic N) is 2. The van der Waals surface area contributed by atoms with E-state index in [9.17, 15) is 0 Å². The van der Waals surface area contributed by atoms with Gasteiger partial charge in [-0.25, -0.2) is 4.98 Å². The average molecular weight is 245 g/mol. The number of aromatic nitrogens is 1. The maximum Gasteiger partial charge on any atom is 0.186 e. The van der Waals surface area contributed by atoms with E-state index in [0.717, 1.165) is 16.4 Å². The van der Waals surface area contributed by atoms with Gasteiger partial charge in [0.05, 0.1) is 0 Å². The van der Waals surface area contributed by atoms with Crippen LogP contribution >= 0.6 is 27.3 Å². The zero-order valence-electron chi connectivity index (χ0n) is 6.53. The molecule has 1 aliphatic carbocycles. The fourth-order valence-corrected chi connectivity index (χ4v) is 3.22. The average Bonchev–Trinajstić information content (AvgIpc) is 2.49. The molecule has 0 spiro atoms. The second-order valence-electron chi connectivity index (χ2n) is 3.61. The quantitative estimate of drug-likeness (QED) is 0.755. The molecular formula is C8H9BrN2S. The summed E-state index contributed by atoms with van der Waals surface area (Å²) >= 11 is 5.12. The Bertz CT molecular complexity index is 302. The van der Waals surface area contributed by atoms with E-state index in [1.165, 1.54) is 24.6 Å². The van der Waals surface area contributed by atoms with Gasteiger partial charge in [-0.1, -0.05) is 0 Å². The van der Waals surface area contributed by atoms with Gasteiger partial charge in [0.15, 0.2) is 5.13 Å². The van der Waals surface area contributed by atoms with E-state index < -0.39 is 0 Å². The van der Waals surface area contributed by atoms with E-state index in [-0.39, 0.29) is 0 Å². The second-order valence-corrected chi connectivity index (χ2v) is 5.26. The van der Waals surface area contributed by atoms with Gasteiger partial charge < -0.3 is 4.90 Å². The number of rotatable bonds is 1. The monoisotopic (exact) mass is 244 g/mol. The normalized spacial score (nSPS) is 32.2. The molecule has 0 N–H and O–H groups in total. The molecule has 0 unspecified atom stereocenters. The van der Waals surface area contributed by atoms with E-state index in [0.29, 0.717) is 0 Å². The minimum atomic E-state index is 0.975. The third kappa shape index (κ3) is 1.09. The van der Waals surface area contributed by atoms with Crippen molar-refractivity contribution in [3.63, 3.8) is 0 Å². The van der Waals surface area contributed by atoms with E-state index in [2.05, 4.69) is 31.2 Å². The third-order valence-electron chi connectivity index (χ3n) is 2.71. The van der Waals surface area contributed by atoms with Crippen LogP contribution in [0.15, 0.2) is 9.98 Å². The Kier molecular flexibility index (Phi) is 1.50. The number of fused-ring (bicyclic) bond motifs is 1. The number of hydrogen-bond acceptors (Lipinski definition) is 3. The Balaban J connectivity index is 1.81. The highest BCUT2D eigenvalue weighted by Gasteiger charge is 2.45. The van der Waals surface area contributed by atoms with E-state index in [1.54, 1.807) is 11.3 Å². The molecule has 0 aromatic carbocycles. The first-order chi connectivity index (χ1) is 5.83. The Hall–Kier alpha value is -0.0900. The molecule has 2 fully saturated rings. The highest BCUT2D eigenvalue weighted by molar-refractivity contribution is 9.10. The first-order valence-corrected chi connectivity index (χ1v) is 5.86. The van der Waals surface area contributed by atoms with Crippen molar-refractivity contribution in [1.29, 1.82) is 0 Å². The van der Waals surface area contributed by atoms with Crippen molar-refractivity contribution >= 4 is 32.4 Å². The molecule has 2 atom stereocenters. The van der Waals surface area contributed by atoms with Crippen molar-refractivity contribution in [2.45, 2.75) is 6.42 Å². The van der Waals surface area contributed by atoms with Crippen LogP contribution in [0.3, 0.4) is 0 Å². The largest absolute Gasteiger partial charge is 0.347 e. The third-order valence-corrected chi connectivity index (χ3v) is 4.32. The molecule has 1 aromatic rings. The lowest BCUT2D eigenvalue weighted by Crippen LogP contribution is -2.21. The summed E-state index contributed by atoms with van der Waals surface area (Å²) in [6.45, 7) is 2.48. The molecule has 3 rings (SSSR count). The standard InChI is InChI=1S/C8H9BrN2S/c9-7-4-12-8(10-7)11-2-5-1-6(5)3-11/h4-6H,1-3H2/t5-,6-/m1/s1. The first-order valence-electron chi connectivity index (χ1n) is 4.19. The number of anilines is 1. The van der Waals surface area contributed by atoms with Gasteiger partial charge in [-0.3, -0.25) is 0 Å². The number of piperidine rings is 1. The Morgan fingerprint density at radius 2 is 2.25 bits per heavy atom. The number of halogens is 1. The molecular weight excluding hydrogens is 236 g/mol. The fourth-order valence-electron chi connectivity index (χ4n) is 1.95. The summed E-state index contributed by atoms with van der Waals surface area (Å²) in [5.41, 5.74) is 0. The van der Waals surface area contributed by atoms with Crippen LogP contribution in [0.25, 0.3) is 0 Å². The predicted molar refractivity (Wildman–Crippen MR) is 53.6 cm³/mol. The SMILES string of the molecule is Brc1csc(N2C[C@H]3C[C@@H]3C2)n1. The molecule has 1 saturated heterocycles. The summed E-state index contributed by atoms with van der Waals surface area (Å²) in [6.07, 6.45) is 1.46. The van der Waals surface area contributed by atoms with E-state index >= 15 is 0 Å². The molecule has 1 saturated carbocycles. The minimum absolute atomic E-state index is 0.975. The Morgan fingerprint density at radius 3 is 2.83 bits per heavy atom. The lowest BCUT2D eigenvalue weighted by atomic mass is 10.4. The molecule has 1 aliphatic heterocycles. The molecule has 2 heterocycles. The summed E-state index contributed by atoms with van der Waals surface area (Å²) < 4.78 is 0.975. The van der Waals surface area contributed by atoms with Gasteiger partial charge in [-0.05, 0) is 34.2 Å². The van der Waals surface area contributed by atoms with Gasteiger partial charge in [0.2, 0.25) is 0 Å². The number of thiazole rings is 1. The van der Waals surface area contributed by atoms with Gasteiger partial charge in [0, 0.05) is 18.5 Å². The molecule has 12 heavy (non-hydrogen) atoms. The van der Waals surface area contributed by atoms with Crippen LogP contribution in [0.1, 0.15) is 6.42 Å². The highest BCUT2D eigenvalue weighted by Crippen LogP contribution is 2.46. The summed E-state index contributed by atoms with van der Waals surface area (Å²) in [6, 6.07) is 0. The van der Waals surface area contributed by atoms with Crippen LogP contribution in [0.2, 0.25) is 0 Å². The zero-order valence-corrected chi connectivity index (χ0v) is 8.94. The van der Waals surface area contributed by atoms with Gasteiger partial charge in [0.25, 0.3) is 0 Å². The summed E-state index contributed by atoms with van der Waals surface area (Å²) in [7, 11) is 0. The van der Waals surface area contributed by atoms with Crippen LogP contribution in [0.5, 0.6) is 0 Å². The van der Waals surface area contributed by atoms with Crippen LogP contribution in [-0.2, 0) is 0 Å². The van der Waals surface area contributed by atoms with Crippen molar-refractivity contribution in [3.8, 4) is 0 Å². The maximum absolute atomic E-state index is 4.41. The fraction of sp³-hybridized carbons (Fsp3) is 0.625. The predicted octanol–water partition coefficient (Wildman–Crippen LogP) is 2.36. The number of hydrogen-bond donors (Lipinski definition) is 0. The van der Waals surface area contributed by atoms with Gasteiger partial charge in [0.1, 0.15) is 4.60 Å². The van der Waals surface area contributed by atoms with Gasteiger partial charge in [-0.15, -0.1) is 11.3 Å². The lowest BCUT2D eigenvalue weighted by Gasteiger charge is -2.15. The van der Waals surface area contributed by atoms with Crippen molar-refractivity contribution < 1.29 is 0 Å². The first kappa shape index (κ1) is 7.33. The summed E-state index contributed by atoms with van der Waals surface area (Å²) in [5, 5.41) is 3.24. The molecule has 0 radical (unpaired) electrons. The lowest BCUT2D eigenvalue weighted by molar-refractivity contribution is 0.815. The highest BCUT2D eigenvalue weighted by atomic mass is 79.9. The topological polar surface area (TPSA) is 16.1 Å². The zero-order chi connectivity index (χ0) is 8.13. The molecule has 1 aromatic heterocycles. The van der Waals surface area contributed by atoms with Crippen molar-refractivity contribution in [1.82, 2.24) is 4.98 Å². The molecule has 0 bridgehead atoms. The minimum Gasteiger partial charge on any atom is -0.347 e. The maximum atomic E-state index is 4.41. The van der Waals surface area contributed by atoms with Crippen molar-refractivity contribution in [2.24, 2.45) is 11.8 Å². The van der Waals surface area contributed by atoms with Gasteiger partial charge in [-0.2, -0.15) is 0 Å². The molecule has 2 aliphatic rings. The van der Waals surface area contributed by atoms with Crippen LogP contribution < -0.4 is 4.90 Å². The van der Waals surface area contributed by atoms with E-state index in [4.69, 9.17) is 0 Å². The smallest absolute Gasteiger partial charge is 0.186 e. The molecule has 4 heteroatoms. The van der Waals surface area contributed by atoms with E-state index in [1.807, 2.05) is 0 Å². The van der Waals surface area contributed by atoms with Crippen LogP contribution in [-0.4, -0.2) is 18.1 Å². The van der Waals surface area contributed by atoms with Crippen LogP contribution in [0.4, 0.5) is 5.13 Å². The molecule has 0 amide bonds. The molecule has 2 nitrogen and oxygen atoms in total. The second kappa shape index (κ2) is 2.45. The van der Waals surface area contributed by atoms with Gasteiger partial charge >= 0.3 is 0 Å². The van der Waals surface area contributed by atoms with Crippen LogP contribution in [0, 0.1) is 11.8 Å². The van der Waals surface area contributed by atoms with Crippen molar-refractivity contribution in [2.75, 3.05) is 18.0 Å². The Labute approximate surface area is 83.7 Å². The molecule has 64 valence electrons. The summed E-state index contributed by atoms with van der Waals surface area (Å²) in [5.74, 6) is 1.99. The summed E-state index contributed by atoms with van der Waals surface area (Å²) in [4.78, 5) is 6.82. The Morgan fingerprint density at radius 1 is 1.50 bits per heavy atom.